The lowest BCUT2D eigenvalue weighted by atomic mass is 9.94. The van der Waals surface area contributed by atoms with Crippen molar-refractivity contribution in [1.29, 1.82) is 0 Å². The van der Waals surface area contributed by atoms with Gasteiger partial charge in [-0.15, -0.1) is 0 Å². The molecule has 0 bridgehead atoms. The van der Waals surface area contributed by atoms with Crippen molar-refractivity contribution in [1.82, 2.24) is 14.9 Å². The van der Waals surface area contributed by atoms with Gasteiger partial charge in [0.2, 0.25) is 5.91 Å². The number of hydrogen-bond donors (Lipinski definition) is 1. The molecule has 1 aliphatic rings. The summed E-state index contributed by atoms with van der Waals surface area (Å²) in [6.07, 6.45) is 2.30. The molecule has 2 aromatic rings. The Hall–Kier alpha value is -2.28. The van der Waals surface area contributed by atoms with Crippen LogP contribution in [0.2, 0.25) is 0 Å². The summed E-state index contributed by atoms with van der Waals surface area (Å²) < 4.78 is 0. The van der Waals surface area contributed by atoms with Gasteiger partial charge in [0, 0.05) is 29.5 Å². The SMILES string of the molecule is CC(C)(C)C(=O)N1CCc2nc(NC(=O)c3ccccn3)sc2C1. The van der Waals surface area contributed by atoms with Crippen LogP contribution in [0.5, 0.6) is 0 Å². The highest BCUT2D eigenvalue weighted by Crippen LogP contribution is 2.30. The van der Waals surface area contributed by atoms with Gasteiger partial charge in [0.1, 0.15) is 5.69 Å². The van der Waals surface area contributed by atoms with Crippen molar-refractivity contribution in [3.63, 3.8) is 0 Å². The minimum Gasteiger partial charge on any atom is -0.337 e. The molecule has 6 nitrogen and oxygen atoms in total. The van der Waals surface area contributed by atoms with Crippen molar-refractivity contribution in [2.24, 2.45) is 5.41 Å². The van der Waals surface area contributed by atoms with Gasteiger partial charge in [-0.25, -0.2) is 4.98 Å². The molecule has 0 saturated heterocycles. The number of carbonyl (C=O) groups is 2. The first kappa shape index (κ1) is 16.6. The second-order valence-electron chi connectivity index (χ2n) is 6.78. The van der Waals surface area contributed by atoms with Crippen LogP contribution < -0.4 is 5.32 Å². The van der Waals surface area contributed by atoms with E-state index in [1.807, 2.05) is 25.7 Å². The van der Waals surface area contributed by atoms with Crippen LogP contribution in [-0.2, 0) is 17.8 Å². The average molecular weight is 344 g/mol. The number of rotatable bonds is 2. The molecular formula is C17H20N4O2S. The van der Waals surface area contributed by atoms with E-state index in [1.54, 1.807) is 24.4 Å². The molecule has 1 N–H and O–H groups in total. The molecule has 0 radical (unpaired) electrons. The van der Waals surface area contributed by atoms with Gasteiger partial charge in [0.15, 0.2) is 5.13 Å². The first-order valence-electron chi connectivity index (χ1n) is 7.85. The van der Waals surface area contributed by atoms with Crippen LogP contribution in [0.15, 0.2) is 24.4 Å². The Kier molecular flexibility index (Phi) is 4.36. The molecule has 0 spiro atoms. The average Bonchev–Trinajstić information content (AvgIpc) is 2.95. The van der Waals surface area contributed by atoms with Crippen LogP contribution in [0, 0.1) is 5.41 Å². The normalized spacial score (nSPS) is 14.2. The lowest BCUT2D eigenvalue weighted by molar-refractivity contribution is -0.140. The van der Waals surface area contributed by atoms with E-state index >= 15 is 0 Å². The van der Waals surface area contributed by atoms with Crippen molar-refractivity contribution in [3.05, 3.63) is 40.7 Å². The molecule has 0 saturated carbocycles. The molecule has 0 aromatic carbocycles. The molecule has 24 heavy (non-hydrogen) atoms. The van der Waals surface area contributed by atoms with Gasteiger partial charge in [0.25, 0.3) is 5.91 Å². The largest absolute Gasteiger partial charge is 0.337 e. The van der Waals surface area contributed by atoms with Crippen molar-refractivity contribution < 1.29 is 9.59 Å². The number of nitrogens with one attached hydrogen (secondary N) is 1. The number of anilines is 1. The Bertz CT molecular complexity index is 765. The number of thiazole rings is 1. The summed E-state index contributed by atoms with van der Waals surface area (Å²) in [5.41, 5.74) is 0.933. The van der Waals surface area contributed by atoms with E-state index in [9.17, 15) is 9.59 Å². The second kappa shape index (κ2) is 6.32. The third-order valence-electron chi connectivity index (χ3n) is 3.78. The number of pyridine rings is 1. The summed E-state index contributed by atoms with van der Waals surface area (Å²) in [4.78, 5) is 36.0. The predicted octanol–water partition coefficient (Wildman–Crippen LogP) is 2.72. The number of hydrogen-bond acceptors (Lipinski definition) is 5. The van der Waals surface area contributed by atoms with Gasteiger partial charge in [-0.3, -0.25) is 19.9 Å². The summed E-state index contributed by atoms with van der Waals surface area (Å²) in [6, 6.07) is 5.19. The Morgan fingerprint density at radius 2 is 2.08 bits per heavy atom. The third-order valence-corrected chi connectivity index (χ3v) is 4.78. The van der Waals surface area contributed by atoms with E-state index in [2.05, 4.69) is 15.3 Å². The lowest BCUT2D eigenvalue weighted by Gasteiger charge is -2.31. The highest BCUT2D eigenvalue weighted by molar-refractivity contribution is 7.15. The van der Waals surface area contributed by atoms with E-state index in [1.165, 1.54) is 11.3 Å². The van der Waals surface area contributed by atoms with Gasteiger partial charge < -0.3 is 4.90 Å². The zero-order chi connectivity index (χ0) is 17.3. The number of carbonyl (C=O) groups excluding carboxylic acids is 2. The molecule has 3 rings (SSSR count). The summed E-state index contributed by atoms with van der Waals surface area (Å²) in [5.74, 6) is -0.134. The van der Waals surface area contributed by atoms with Gasteiger partial charge in [-0.05, 0) is 12.1 Å². The zero-order valence-electron chi connectivity index (χ0n) is 14.0. The summed E-state index contributed by atoms with van der Waals surface area (Å²) in [7, 11) is 0. The van der Waals surface area contributed by atoms with Gasteiger partial charge in [0.05, 0.1) is 12.2 Å². The van der Waals surface area contributed by atoms with Crippen LogP contribution >= 0.6 is 11.3 Å². The molecule has 1 aliphatic heterocycles. The van der Waals surface area contributed by atoms with Crippen molar-refractivity contribution in [3.8, 4) is 0 Å². The van der Waals surface area contributed by atoms with E-state index in [4.69, 9.17) is 0 Å². The lowest BCUT2D eigenvalue weighted by Crippen LogP contribution is -2.42. The maximum atomic E-state index is 12.4. The first-order valence-corrected chi connectivity index (χ1v) is 8.66. The highest BCUT2D eigenvalue weighted by atomic mass is 32.1. The smallest absolute Gasteiger partial charge is 0.276 e. The van der Waals surface area contributed by atoms with E-state index in [0.717, 1.165) is 10.6 Å². The van der Waals surface area contributed by atoms with E-state index in [-0.39, 0.29) is 11.8 Å². The summed E-state index contributed by atoms with van der Waals surface area (Å²) in [6.45, 7) is 7.01. The number of fused-ring (bicyclic) bond motifs is 1. The van der Waals surface area contributed by atoms with Crippen LogP contribution in [0.1, 0.15) is 41.8 Å². The van der Waals surface area contributed by atoms with Gasteiger partial charge in [-0.2, -0.15) is 0 Å². The maximum Gasteiger partial charge on any atom is 0.276 e. The van der Waals surface area contributed by atoms with E-state index in [0.29, 0.717) is 30.3 Å². The van der Waals surface area contributed by atoms with Crippen LogP contribution in [0.25, 0.3) is 0 Å². The zero-order valence-corrected chi connectivity index (χ0v) is 14.8. The molecule has 126 valence electrons. The predicted molar refractivity (Wildman–Crippen MR) is 92.9 cm³/mol. The Morgan fingerprint density at radius 1 is 1.29 bits per heavy atom. The highest BCUT2D eigenvalue weighted by Gasteiger charge is 2.31. The molecule has 0 fully saturated rings. The molecule has 3 heterocycles. The quantitative estimate of drug-likeness (QED) is 0.909. The van der Waals surface area contributed by atoms with Crippen molar-refractivity contribution in [2.45, 2.75) is 33.7 Å². The molecule has 0 unspecified atom stereocenters. The van der Waals surface area contributed by atoms with Crippen molar-refractivity contribution >= 4 is 28.3 Å². The number of amides is 2. The molecule has 0 aliphatic carbocycles. The van der Waals surface area contributed by atoms with Crippen molar-refractivity contribution in [2.75, 3.05) is 11.9 Å². The molecule has 2 aromatic heterocycles. The topological polar surface area (TPSA) is 75.2 Å². The molecule has 0 atom stereocenters. The fourth-order valence-electron chi connectivity index (χ4n) is 2.55. The fourth-order valence-corrected chi connectivity index (χ4v) is 3.57. The fraction of sp³-hybridized carbons (Fsp3) is 0.412. The Labute approximate surface area is 144 Å². The monoisotopic (exact) mass is 344 g/mol. The summed E-state index contributed by atoms with van der Waals surface area (Å²) in [5, 5.41) is 3.35. The van der Waals surface area contributed by atoms with Crippen LogP contribution in [-0.4, -0.2) is 33.2 Å². The van der Waals surface area contributed by atoms with Crippen LogP contribution in [0.4, 0.5) is 5.13 Å². The molecular weight excluding hydrogens is 324 g/mol. The third kappa shape index (κ3) is 3.46. The standard InChI is InChI=1S/C17H20N4O2S/c1-17(2,3)15(23)21-9-7-11-13(10-21)24-16(19-11)20-14(22)12-6-4-5-8-18-12/h4-6,8H,7,9-10H2,1-3H3,(H,19,20,22). The Morgan fingerprint density at radius 3 is 2.75 bits per heavy atom. The second-order valence-corrected chi connectivity index (χ2v) is 7.87. The Balaban J connectivity index is 1.72. The number of aromatic nitrogens is 2. The maximum absolute atomic E-state index is 12.4. The van der Waals surface area contributed by atoms with Gasteiger partial charge in [-0.1, -0.05) is 38.2 Å². The minimum absolute atomic E-state index is 0.139. The van der Waals surface area contributed by atoms with E-state index < -0.39 is 5.41 Å². The molecule has 7 heteroatoms. The molecule has 2 amide bonds. The summed E-state index contributed by atoms with van der Waals surface area (Å²) >= 11 is 1.43. The first-order chi connectivity index (χ1) is 11.3. The van der Waals surface area contributed by atoms with Gasteiger partial charge >= 0.3 is 0 Å². The number of nitrogens with zero attached hydrogens (tertiary/aromatic N) is 3. The van der Waals surface area contributed by atoms with Crippen LogP contribution in [0.3, 0.4) is 0 Å². The minimum atomic E-state index is -0.391.